The first-order chi connectivity index (χ1) is 10.9. The van der Waals surface area contributed by atoms with E-state index in [2.05, 4.69) is 22.5 Å². The smallest absolute Gasteiger partial charge is 0.338 e. The first-order valence-electron chi connectivity index (χ1n) is 7.83. The van der Waals surface area contributed by atoms with E-state index in [1.165, 1.54) is 12.1 Å². The fourth-order valence-corrected chi connectivity index (χ4v) is 2.76. The van der Waals surface area contributed by atoms with E-state index in [1.807, 2.05) is 0 Å². The summed E-state index contributed by atoms with van der Waals surface area (Å²) in [5, 5.41) is 5.35. The summed E-state index contributed by atoms with van der Waals surface area (Å²) >= 11 is 0. The van der Waals surface area contributed by atoms with Crippen molar-refractivity contribution in [2.45, 2.75) is 25.9 Å². The number of rotatable bonds is 4. The summed E-state index contributed by atoms with van der Waals surface area (Å²) in [5.41, 5.74) is -0.389. The molecule has 1 saturated heterocycles. The molecule has 4 nitrogen and oxygen atoms in total. The molecule has 23 heavy (non-hydrogen) atoms. The van der Waals surface area contributed by atoms with Gasteiger partial charge in [0, 0.05) is 18.8 Å². The summed E-state index contributed by atoms with van der Waals surface area (Å²) < 4.78 is 37.4. The molecule has 0 aromatic heterocycles. The van der Waals surface area contributed by atoms with Crippen molar-refractivity contribution >= 4 is 11.7 Å². The minimum absolute atomic E-state index is 0.342. The van der Waals surface area contributed by atoms with Gasteiger partial charge in [0.15, 0.2) is 0 Å². The SMILES string of the molecule is CCN1CCCC(CNC(=O)Nc2ccc(C(F)(F)F)cc2)C1. The lowest BCUT2D eigenvalue weighted by Crippen LogP contribution is -2.41. The van der Waals surface area contributed by atoms with Crippen LogP contribution in [0.4, 0.5) is 23.7 Å². The van der Waals surface area contributed by atoms with Crippen molar-refractivity contribution in [3.63, 3.8) is 0 Å². The number of halogens is 3. The van der Waals surface area contributed by atoms with E-state index in [4.69, 9.17) is 0 Å². The van der Waals surface area contributed by atoms with Gasteiger partial charge >= 0.3 is 12.2 Å². The van der Waals surface area contributed by atoms with Crippen LogP contribution in [0.3, 0.4) is 0 Å². The zero-order chi connectivity index (χ0) is 16.9. The van der Waals surface area contributed by atoms with Gasteiger partial charge in [0.2, 0.25) is 0 Å². The number of anilines is 1. The number of hydrogen-bond donors (Lipinski definition) is 2. The predicted molar refractivity (Wildman–Crippen MR) is 83.3 cm³/mol. The molecule has 1 atom stereocenters. The van der Waals surface area contributed by atoms with Gasteiger partial charge in [0.1, 0.15) is 0 Å². The van der Waals surface area contributed by atoms with E-state index in [0.29, 0.717) is 18.2 Å². The second kappa shape index (κ2) is 7.68. The Morgan fingerprint density at radius 1 is 1.30 bits per heavy atom. The largest absolute Gasteiger partial charge is 0.416 e. The second-order valence-electron chi connectivity index (χ2n) is 5.81. The molecule has 1 aliphatic heterocycles. The van der Waals surface area contributed by atoms with Crippen molar-refractivity contribution in [1.82, 2.24) is 10.2 Å². The Balaban J connectivity index is 1.78. The highest BCUT2D eigenvalue weighted by molar-refractivity contribution is 5.89. The number of alkyl halides is 3. The van der Waals surface area contributed by atoms with Crippen molar-refractivity contribution in [3.8, 4) is 0 Å². The van der Waals surface area contributed by atoms with E-state index in [1.54, 1.807) is 0 Å². The normalized spacial score (nSPS) is 19.4. The van der Waals surface area contributed by atoms with Crippen LogP contribution in [0.2, 0.25) is 0 Å². The lowest BCUT2D eigenvalue weighted by atomic mass is 9.98. The number of carbonyl (C=O) groups is 1. The quantitative estimate of drug-likeness (QED) is 0.887. The van der Waals surface area contributed by atoms with Crippen molar-refractivity contribution in [2.24, 2.45) is 5.92 Å². The Labute approximate surface area is 134 Å². The van der Waals surface area contributed by atoms with Crippen molar-refractivity contribution in [1.29, 1.82) is 0 Å². The van der Waals surface area contributed by atoms with Crippen LogP contribution in [0.25, 0.3) is 0 Å². The highest BCUT2D eigenvalue weighted by Crippen LogP contribution is 2.29. The van der Waals surface area contributed by atoms with Gasteiger partial charge < -0.3 is 15.5 Å². The summed E-state index contributed by atoms with van der Waals surface area (Å²) in [6.45, 7) is 5.77. The second-order valence-corrected chi connectivity index (χ2v) is 5.81. The highest BCUT2D eigenvalue weighted by atomic mass is 19.4. The fourth-order valence-electron chi connectivity index (χ4n) is 2.76. The van der Waals surface area contributed by atoms with Gasteiger partial charge in [-0.3, -0.25) is 0 Å². The summed E-state index contributed by atoms with van der Waals surface area (Å²) in [4.78, 5) is 14.2. The molecule has 0 aliphatic carbocycles. The monoisotopic (exact) mass is 329 g/mol. The number of hydrogen-bond acceptors (Lipinski definition) is 2. The van der Waals surface area contributed by atoms with E-state index in [0.717, 1.165) is 44.6 Å². The van der Waals surface area contributed by atoms with Crippen molar-refractivity contribution in [3.05, 3.63) is 29.8 Å². The maximum atomic E-state index is 12.5. The summed E-state index contributed by atoms with van der Waals surface area (Å²) in [7, 11) is 0. The molecule has 2 N–H and O–H groups in total. The average molecular weight is 329 g/mol. The van der Waals surface area contributed by atoms with Crippen LogP contribution in [0.1, 0.15) is 25.3 Å². The molecular weight excluding hydrogens is 307 g/mol. The molecule has 0 radical (unpaired) electrons. The van der Waals surface area contributed by atoms with Gasteiger partial charge in [0.05, 0.1) is 5.56 Å². The third-order valence-electron chi connectivity index (χ3n) is 4.07. The Morgan fingerprint density at radius 3 is 2.61 bits per heavy atom. The molecule has 0 bridgehead atoms. The lowest BCUT2D eigenvalue weighted by Gasteiger charge is -2.31. The van der Waals surface area contributed by atoms with Gasteiger partial charge in [-0.1, -0.05) is 6.92 Å². The summed E-state index contributed by atoms with van der Waals surface area (Å²) in [6, 6.07) is 4.02. The van der Waals surface area contributed by atoms with Crippen molar-refractivity contribution < 1.29 is 18.0 Å². The number of benzene rings is 1. The first-order valence-corrected chi connectivity index (χ1v) is 7.83. The van der Waals surface area contributed by atoms with Gasteiger partial charge in [-0.2, -0.15) is 13.2 Å². The third-order valence-corrected chi connectivity index (χ3v) is 4.07. The molecule has 1 unspecified atom stereocenters. The lowest BCUT2D eigenvalue weighted by molar-refractivity contribution is -0.137. The minimum atomic E-state index is -4.37. The first kappa shape index (κ1) is 17.6. The zero-order valence-electron chi connectivity index (χ0n) is 13.1. The maximum absolute atomic E-state index is 12.5. The zero-order valence-corrected chi connectivity index (χ0v) is 13.1. The Kier molecular flexibility index (Phi) is 5.87. The Bertz CT molecular complexity index is 516. The van der Waals surface area contributed by atoms with Crippen molar-refractivity contribution in [2.75, 3.05) is 31.5 Å². The molecule has 0 spiro atoms. The van der Waals surface area contributed by atoms with Crippen LogP contribution >= 0.6 is 0 Å². The topological polar surface area (TPSA) is 44.4 Å². The summed E-state index contributed by atoms with van der Waals surface area (Å²) in [5.74, 6) is 0.419. The van der Waals surface area contributed by atoms with Crippen LogP contribution in [-0.4, -0.2) is 37.1 Å². The van der Waals surface area contributed by atoms with Crippen LogP contribution in [0.15, 0.2) is 24.3 Å². The molecule has 1 aromatic rings. The van der Waals surface area contributed by atoms with Crippen LogP contribution in [0, 0.1) is 5.92 Å². The predicted octanol–water partition coefficient (Wildman–Crippen LogP) is 3.56. The third kappa shape index (κ3) is 5.42. The molecule has 7 heteroatoms. The van der Waals surface area contributed by atoms with E-state index >= 15 is 0 Å². The molecule has 128 valence electrons. The van der Waals surface area contributed by atoms with Crippen LogP contribution in [-0.2, 0) is 6.18 Å². The van der Waals surface area contributed by atoms with Gasteiger partial charge in [-0.05, 0) is 56.1 Å². The van der Waals surface area contributed by atoms with Crippen LogP contribution in [0.5, 0.6) is 0 Å². The number of amides is 2. The number of carbonyl (C=O) groups excluding carboxylic acids is 1. The molecule has 2 rings (SSSR count). The number of urea groups is 1. The molecule has 2 amide bonds. The molecule has 1 fully saturated rings. The molecular formula is C16H22F3N3O. The highest BCUT2D eigenvalue weighted by Gasteiger charge is 2.30. The van der Waals surface area contributed by atoms with E-state index < -0.39 is 17.8 Å². The van der Waals surface area contributed by atoms with Gasteiger partial charge in [0.25, 0.3) is 0 Å². The number of likely N-dealkylation sites (tertiary alicyclic amines) is 1. The minimum Gasteiger partial charge on any atom is -0.338 e. The van der Waals surface area contributed by atoms with Gasteiger partial charge in [-0.25, -0.2) is 4.79 Å². The Hall–Kier alpha value is -1.76. The standard InChI is InChI=1S/C16H22F3N3O/c1-2-22-9-3-4-12(11-22)10-20-15(23)21-14-7-5-13(6-8-14)16(17,18)19/h5-8,12H,2-4,9-11H2,1H3,(H2,20,21,23). The fraction of sp³-hybridized carbons (Fsp3) is 0.562. The number of nitrogens with one attached hydrogen (secondary N) is 2. The average Bonchev–Trinajstić information content (AvgIpc) is 2.53. The molecule has 0 saturated carbocycles. The molecule has 1 aromatic carbocycles. The maximum Gasteiger partial charge on any atom is 0.416 e. The summed E-state index contributed by atoms with van der Waals surface area (Å²) in [6.07, 6.45) is -2.16. The van der Waals surface area contributed by atoms with Gasteiger partial charge in [-0.15, -0.1) is 0 Å². The van der Waals surface area contributed by atoms with E-state index in [9.17, 15) is 18.0 Å². The number of piperidine rings is 1. The Morgan fingerprint density at radius 2 is 2.00 bits per heavy atom. The van der Waals surface area contributed by atoms with E-state index in [-0.39, 0.29) is 0 Å². The molecule has 1 aliphatic rings. The number of nitrogens with zero attached hydrogens (tertiary/aromatic N) is 1. The molecule has 1 heterocycles. The van der Waals surface area contributed by atoms with Crippen LogP contribution < -0.4 is 10.6 Å².